The van der Waals surface area contributed by atoms with Crippen molar-refractivity contribution in [1.82, 2.24) is 14.8 Å². The molecule has 6 heteroatoms. The molecule has 0 unspecified atom stereocenters. The number of ketones is 1. The normalized spacial score (nSPS) is 19.1. The van der Waals surface area contributed by atoms with Gasteiger partial charge in [-0.2, -0.15) is 4.68 Å². The average Bonchev–Trinajstić information content (AvgIpc) is 2.70. The first-order valence-electron chi connectivity index (χ1n) is 7.26. The maximum atomic E-state index is 12.5. The van der Waals surface area contributed by atoms with E-state index in [-0.39, 0.29) is 35.0 Å². The van der Waals surface area contributed by atoms with Gasteiger partial charge in [0.25, 0.3) is 5.89 Å². The first-order chi connectivity index (χ1) is 10.2. The zero-order valence-electron chi connectivity index (χ0n) is 13.2. The SMILES string of the molecule is CC1(C)C(C(=O)Cn2nc(-c3cccnc3)oc2=O)C1(C)C. The van der Waals surface area contributed by atoms with Gasteiger partial charge in [0.1, 0.15) is 6.54 Å². The van der Waals surface area contributed by atoms with Gasteiger partial charge in [-0.15, -0.1) is 5.10 Å². The number of rotatable bonds is 4. The van der Waals surface area contributed by atoms with Gasteiger partial charge in [-0.1, -0.05) is 27.7 Å². The summed E-state index contributed by atoms with van der Waals surface area (Å²) in [7, 11) is 0. The van der Waals surface area contributed by atoms with Crippen LogP contribution in [0.3, 0.4) is 0 Å². The summed E-state index contributed by atoms with van der Waals surface area (Å²) < 4.78 is 6.20. The molecule has 2 aromatic heterocycles. The Hall–Kier alpha value is -2.24. The van der Waals surface area contributed by atoms with E-state index in [1.54, 1.807) is 24.5 Å². The van der Waals surface area contributed by atoms with E-state index in [1.807, 2.05) is 0 Å². The van der Waals surface area contributed by atoms with Gasteiger partial charge in [-0.25, -0.2) is 4.79 Å². The van der Waals surface area contributed by atoms with Crippen molar-refractivity contribution in [2.24, 2.45) is 16.7 Å². The van der Waals surface area contributed by atoms with Crippen molar-refractivity contribution in [3.63, 3.8) is 0 Å². The molecule has 3 rings (SSSR count). The first kappa shape index (κ1) is 14.7. The Morgan fingerprint density at radius 3 is 2.55 bits per heavy atom. The number of Topliss-reactive ketones (excluding diaryl/α,β-unsaturated/α-hetero) is 1. The van der Waals surface area contributed by atoms with Gasteiger partial charge in [0.15, 0.2) is 5.78 Å². The molecular formula is C16H19N3O3. The fourth-order valence-electron chi connectivity index (χ4n) is 3.25. The fourth-order valence-corrected chi connectivity index (χ4v) is 3.25. The lowest BCUT2D eigenvalue weighted by molar-refractivity contribution is -0.122. The van der Waals surface area contributed by atoms with Crippen LogP contribution in [0.1, 0.15) is 27.7 Å². The fraction of sp³-hybridized carbons (Fsp3) is 0.500. The first-order valence-corrected chi connectivity index (χ1v) is 7.26. The quantitative estimate of drug-likeness (QED) is 0.864. The third kappa shape index (κ3) is 2.10. The van der Waals surface area contributed by atoms with Crippen LogP contribution in [0.25, 0.3) is 11.5 Å². The molecular weight excluding hydrogens is 282 g/mol. The summed E-state index contributed by atoms with van der Waals surface area (Å²) >= 11 is 0. The van der Waals surface area contributed by atoms with Crippen molar-refractivity contribution in [1.29, 1.82) is 0 Å². The predicted molar refractivity (Wildman–Crippen MR) is 80.1 cm³/mol. The van der Waals surface area contributed by atoms with Crippen molar-refractivity contribution in [2.75, 3.05) is 0 Å². The van der Waals surface area contributed by atoms with Crippen molar-refractivity contribution in [3.05, 3.63) is 35.1 Å². The third-order valence-electron chi connectivity index (χ3n) is 5.16. The predicted octanol–water partition coefficient (Wildman–Crippen LogP) is 2.15. The van der Waals surface area contributed by atoms with Gasteiger partial charge in [0.05, 0.1) is 5.56 Å². The van der Waals surface area contributed by atoms with Gasteiger partial charge in [-0.3, -0.25) is 9.78 Å². The smallest absolute Gasteiger partial charge is 0.388 e. The van der Waals surface area contributed by atoms with E-state index in [2.05, 4.69) is 37.8 Å². The molecule has 0 atom stereocenters. The molecule has 0 spiro atoms. The lowest BCUT2D eigenvalue weighted by Crippen LogP contribution is -2.24. The standard InChI is InChI=1S/C16H19N3O3/c1-15(2)12(16(15,3)4)11(20)9-19-14(21)22-13(18-19)10-6-5-7-17-8-10/h5-8,12H,9H2,1-4H3. The van der Waals surface area contributed by atoms with E-state index in [1.165, 1.54) is 0 Å². The Bertz CT molecular complexity index is 757. The summed E-state index contributed by atoms with van der Waals surface area (Å²) in [5.41, 5.74) is 0.505. The number of pyridine rings is 1. The summed E-state index contributed by atoms with van der Waals surface area (Å²) in [5, 5.41) is 4.10. The van der Waals surface area contributed by atoms with Crippen molar-refractivity contribution >= 4 is 5.78 Å². The van der Waals surface area contributed by atoms with Gasteiger partial charge in [0, 0.05) is 18.3 Å². The molecule has 6 nitrogen and oxygen atoms in total. The highest BCUT2D eigenvalue weighted by molar-refractivity contribution is 5.85. The van der Waals surface area contributed by atoms with E-state index >= 15 is 0 Å². The Balaban J connectivity index is 1.82. The van der Waals surface area contributed by atoms with Gasteiger partial charge < -0.3 is 4.42 Å². The molecule has 0 amide bonds. The van der Waals surface area contributed by atoms with Crippen LogP contribution in [0.15, 0.2) is 33.7 Å². The van der Waals surface area contributed by atoms with Crippen LogP contribution < -0.4 is 5.76 Å². The van der Waals surface area contributed by atoms with Crippen molar-refractivity contribution in [2.45, 2.75) is 34.2 Å². The zero-order valence-corrected chi connectivity index (χ0v) is 13.2. The number of hydrogen-bond donors (Lipinski definition) is 0. The van der Waals surface area contributed by atoms with Crippen LogP contribution in [0.5, 0.6) is 0 Å². The lowest BCUT2D eigenvalue weighted by atomic mass is 10.0. The Labute approximate surface area is 128 Å². The summed E-state index contributed by atoms with van der Waals surface area (Å²) in [6, 6.07) is 3.48. The molecule has 2 heterocycles. The molecule has 1 fully saturated rings. The van der Waals surface area contributed by atoms with Crippen LogP contribution in [-0.2, 0) is 11.3 Å². The Morgan fingerprint density at radius 1 is 1.32 bits per heavy atom. The van der Waals surface area contributed by atoms with E-state index in [9.17, 15) is 9.59 Å². The molecule has 1 aliphatic rings. The Kier molecular flexibility index (Phi) is 3.09. The number of carbonyl (C=O) groups is 1. The largest absolute Gasteiger partial charge is 0.437 e. The molecule has 2 aromatic rings. The summed E-state index contributed by atoms with van der Waals surface area (Å²) in [5.74, 6) is -0.489. The maximum Gasteiger partial charge on any atom is 0.437 e. The topological polar surface area (TPSA) is 78.0 Å². The maximum absolute atomic E-state index is 12.5. The second kappa shape index (κ2) is 4.63. The third-order valence-corrected chi connectivity index (χ3v) is 5.16. The van der Waals surface area contributed by atoms with Crippen LogP contribution in [0, 0.1) is 16.7 Å². The Morgan fingerprint density at radius 2 is 2.00 bits per heavy atom. The second-order valence-electron chi connectivity index (χ2n) is 6.92. The number of hydrogen-bond acceptors (Lipinski definition) is 5. The molecule has 0 aliphatic heterocycles. The van der Waals surface area contributed by atoms with Crippen LogP contribution in [0.4, 0.5) is 0 Å². The number of aromatic nitrogens is 3. The van der Waals surface area contributed by atoms with E-state index in [4.69, 9.17) is 4.42 Å². The molecule has 0 aromatic carbocycles. The van der Waals surface area contributed by atoms with E-state index < -0.39 is 5.76 Å². The van der Waals surface area contributed by atoms with Gasteiger partial charge in [-0.05, 0) is 23.0 Å². The average molecular weight is 301 g/mol. The minimum Gasteiger partial charge on any atom is -0.388 e. The monoisotopic (exact) mass is 301 g/mol. The highest BCUT2D eigenvalue weighted by atomic mass is 16.4. The molecule has 0 N–H and O–H groups in total. The minimum atomic E-state index is -0.622. The molecule has 22 heavy (non-hydrogen) atoms. The van der Waals surface area contributed by atoms with Crippen LogP contribution >= 0.6 is 0 Å². The molecule has 116 valence electrons. The lowest BCUT2D eigenvalue weighted by Gasteiger charge is -2.03. The molecule has 0 bridgehead atoms. The van der Waals surface area contributed by atoms with Crippen molar-refractivity contribution in [3.8, 4) is 11.5 Å². The van der Waals surface area contributed by atoms with Crippen molar-refractivity contribution < 1.29 is 9.21 Å². The highest BCUT2D eigenvalue weighted by Crippen LogP contribution is 2.68. The zero-order chi connectivity index (χ0) is 16.1. The molecule has 1 saturated carbocycles. The summed E-state index contributed by atoms with van der Waals surface area (Å²) in [4.78, 5) is 28.3. The van der Waals surface area contributed by atoms with E-state index in [0.29, 0.717) is 5.56 Å². The van der Waals surface area contributed by atoms with Gasteiger partial charge >= 0.3 is 5.76 Å². The summed E-state index contributed by atoms with van der Waals surface area (Å²) in [6.45, 7) is 8.23. The minimum absolute atomic E-state index is 0.0168. The van der Waals surface area contributed by atoms with Crippen LogP contribution in [-0.4, -0.2) is 20.5 Å². The molecule has 1 aliphatic carbocycles. The molecule has 0 saturated heterocycles. The highest BCUT2D eigenvalue weighted by Gasteiger charge is 2.67. The number of nitrogens with zero attached hydrogens (tertiary/aromatic N) is 3. The molecule has 0 radical (unpaired) electrons. The second-order valence-corrected chi connectivity index (χ2v) is 6.92. The van der Waals surface area contributed by atoms with E-state index in [0.717, 1.165) is 4.68 Å². The van der Waals surface area contributed by atoms with Crippen LogP contribution in [0.2, 0.25) is 0 Å². The number of carbonyl (C=O) groups excluding carboxylic acids is 1. The van der Waals surface area contributed by atoms with Gasteiger partial charge in [0.2, 0.25) is 0 Å². The summed E-state index contributed by atoms with van der Waals surface area (Å²) in [6.07, 6.45) is 3.18.